The Bertz CT molecular complexity index is 296. The van der Waals surface area contributed by atoms with Crippen LogP contribution in [0.1, 0.15) is 18.2 Å². The van der Waals surface area contributed by atoms with Crippen molar-refractivity contribution in [3.05, 3.63) is 11.3 Å². The minimum Gasteiger partial charge on any atom is -0.481 e. The predicted molar refractivity (Wildman–Crippen MR) is 53.0 cm³/mol. The van der Waals surface area contributed by atoms with E-state index in [1.807, 2.05) is 20.9 Å². The highest BCUT2D eigenvalue weighted by Gasteiger charge is 2.12. The molecule has 1 N–H and O–H groups in total. The normalized spacial score (nSPS) is 10.6. The van der Waals surface area contributed by atoms with Gasteiger partial charge in [0.25, 0.3) is 0 Å². The number of aryl methyl sites for hydroxylation is 2. The van der Waals surface area contributed by atoms with Gasteiger partial charge in [-0.2, -0.15) is 10.6 Å². The first-order valence-electron chi connectivity index (χ1n) is 4.61. The Kier molecular flexibility index (Phi) is 3.91. The molecule has 5 nitrogen and oxygen atoms in total. The van der Waals surface area contributed by atoms with Crippen LogP contribution in [0.3, 0.4) is 0 Å². The van der Waals surface area contributed by atoms with Crippen molar-refractivity contribution in [2.75, 3.05) is 13.7 Å². The van der Waals surface area contributed by atoms with E-state index in [2.05, 4.69) is 10.6 Å². The minimum atomic E-state index is 0.608. The average Bonchev–Trinajstić information content (AvgIpc) is 2.42. The Labute approximate surface area is 84.0 Å². The molecule has 1 heterocycles. The third kappa shape index (κ3) is 2.24. The summed E-state index contributed by atoms with van der Waals surface area (Å²) in [6.07, 6.45) is 0. The van der Waals surface area contributed by atoms with E-state index in [4.69, 9.17) is 9.57 Å². The number of hydrogen-bond donors (Lipinski definition) is 1. The van der Waals surface area contributed by atoms with Crippen molar-refractivity contribution >= 4 is 0 Å². The second kappa shape index (κ2) is 4.97. The zero-order chi connectivity index (χ0) is 10.6. The number of methoxy groups -OCH3 is 1. The van der Waals surface area contributed by atoms with Gasteiger partial charge in [-0.05, 0) is 13.8 Å². The van der Waals surface area contributed by atoms with Gasteiger partial charge in [0.05, 0.1) is 31.5 Å². The Balaban J connectivity index is 2.73. The lowest BCUT2D eigenvalue weighted by Crippen LogP contribution is -2.14. The lowest BCUT2D eigenvalue weighted by molar-refractivity contribution is 0.0457. The molecule has 0 saturated heterocycles. The maximum absolute atomic E-state index is 5.23. The van der Waals surface area contributed by atoms with Crippen molar-refractivity contribution in [2.45, 2.75) is 20.4 Å². The number of nitrogens with zero attached hydrogens (tertiary/aromatic N) is 2. The molecule has 80 valence electrons. The molecule has 0 aromatic carbocycles. The number of ether oxygens (including phenoxy) is 1. The summed E-state index contributed by atoms with van der Waals surface area (Å²) in [5.74, 6) is 0.773. The molecule has 1 rings (SSSR count). The predicted octanol–water partition coefficient (Wildman–Crippen LogP) is 0.778. The SMILES string of the molecule is CCONCc1c(C)nn(C)c1OC. The molecular weight excluding hydrogens is 182 g/mol. The quantitative estimate of drug-likeness (QED) is 0.562. The monoisotopic (exact) mass is 199 g/mol. The molecule has 5 heteroatoms. The fraction of sp³-hybridized carbons (Fsp3) is 0.667. The van der Waals surface area contributed by atoms with Gasteiger partial charge < -0.3 is 9.57 Å². The first kappa shape index (κ1) is 11.0. The van der Waals surface area contributed by atoms with Crippen LogP contribution in [0.25, 0.3) is 0 Å². The van der Waals surface area contributed by atoms with Crippen LogP contribution in [-0.4, -0.2) is 23.5 Å². The van der Waals surface area contributed by atoms with Gasteiger partial charge in [0.15, 0.2) is 0 Å². The summed E-state index contributed by atoms with van der Waals surface area (Å²) in [7, 11) is 3.50. The number of aromatic nitrogens is 2. The van der Waals surface area contributed by atoms with E-state index in [-0.39, 0.29) is 0 Å². The first-order valence-corrected chi connectivity index (χ1v) is 4.61. The van der Waals surface area contributed by atoms with Crippen molar-refractivity contribution in [3.63, 3.8) is 0 Å². The van der Waals surface area contributed by atoms with Gasteiger partial charge in [-0.25, -0.2) is 4.68 Å². The van der Waals surface area contributed by atoms with Crippen LogP contribution < -0.4 is 10.2 Å². The number of hydrogen-bond acceptors (Lipinski definition) is 4. The number of hydroxylamine groups is 1. The lowest BCUT2D eigenvalue weighted by Gasteiger charge is -2.05. The van der Waals surface area contributed by atoms with Gasteiger partial charge in [0.1, 0.15) is 0 Å². The fourth-order valence-electron chi connectivity index (χ4n) is 1.36. The lowest BCUT2D eigenvalue weighted by atomic mass is 10.2. The summed E-state index contributed by atoms with van der Waals surface area (Å²) < 4.78 is 6.95. The van der Waals surface area contributed by atoms with E-state index >= 15 is 0 Å². The molecule has 0 fully saturated rings. The maximum atomic E-state index is 5.23. The minimum absolute atomic E-state index is 0.608. The average molecular weight is 199 g/mol. The number of nitrogens with one attached hydrogen (secondary N) is 1. The van der Waals surface area contributed by atoms with E-state index in [1.54, 1.807) is 11.8 Å². The highest BCUT2D eigenvalue weighted by molar-refractivity contribution is 5.30. The van der Waals surface area contributed by atoms with Gasteiger partial charge in [-0.15, -0.1) is 0 Å². The highest BCUT2D eigenvalue weighted by Crippen LogP contribution is 2.20. The summed E-state index contributed by atoms with van der Waals surface area (Å²) in [5.41, 5.74) is 4.83. The highest BCUT2D eigenvalue weighted by atomic mass is 16.6. The van der Waals surface area contributed by atoms with E-state index in [0.717, 1.165) is 17.1 Å². The van der Waals surface area contributed by atoms with Crippen molar-refractivity contribution in [1.82, 2.24) is 15.3 Å². The van der Waals surface area contributed by atoms with Crippen LogP contribution in [0, 0.1) is 6.92 Å². The van der Waals surface area contributed by atoms with E-state index in [0.29, 0.717) is 13.2 Å². The molecule has 0 bridgehead atoms. The molecule has 0 saturated carbocycles. The van der Waals surface area contributed by atoms with Crippen LogP contribution in [0.2, 0.25) is 0 Å². The van der Waals surface area contributed by atoms with Crippen LogP contribution in [0.4, 0.5) is 0 Å². The molecule has 0 radical (unpaired) electrons. The largest absolute Gasteiger partial charge is 0.481 e. The summed E-state index contributed by atoms with van der Waals surface area (Å²) in [6, 6.07) is 0. The standard InChI is InChI=1S/C9H17N3O2/c1-5-14-10-6-8-7(2)11-12(3)9(8)13-4/h10H,5-6H2,1-4H3. The topological polar surface area (TPSA) is 48.3 Å². The molecule has 0 aliphatic rings. The van der Waals surface area contributed by atoms with Crippen molar-refractivity contribution < 1.29 is 9.57 Å². The van der Waals surface area contributed by atoms with Gasteiger partial charge in [0.2, 0.25) is 5.88 Å². The summed E-state index contributed by atoms with van der Waals surface area (Å²) in [5, 5.41) is 4.26. The molecule has 0 atom stereocenters. The molecular formula is C9H17N3O2. The molecule has 0 spiro atoms. The Morgan fingerprint density at radius 2 is 2.21 bits per heavy atom. The second-order valence-electron chi connectivity index (χ2n) is 2.95. The summed E-state index contributed by atoms with van der Waals surface area (Å²) in [6.45, 7) is 5.13. The second-order valence-corrected chi connectivity index (χ2v) is 2.95. The van der Waals surface area contributed by atoms with Crippen molar-refractivity contribution in [2.24, 2.45) is 7.05 Å². The van der Waals surface area contributed by atoms with Crippen molar-refractivity contribution in [1.29, 1.82) is 0 Å². The Morgan fingerprint density at radius 1 is 1.50 bits per heavy atom. The van der Waals surface area contributed by atoms with E-state index < -0.39 is 0 Å². The van der Waals surface area contributed by atoms with Crippen molar-refractivity contribution in [3.8, 4) is 5.88 Å². The Morgan fingerprint density at radius 3 is 2.79 bits per heavy atom. The summed E-state index contributed by atoms with van der Waals surface area (Å²) >= 11 is 0. The molecule has 1 aromatic heterocycles. The van der Waals surface area contributed by atoms with Crippen LogP contribution >= 0.6 is 0 Å². The Hall–Kier alpha value is -1.07. The third-order valence-electron chi connectivity index (χ3n) is 1.98. The van der Waals surface area contributed by atoms with Gasteiger partial charge >= 0.3 is 0 Å². The molecule has 0 aliphatic heterocycles. The fourth-order valence-corrected chi connectivity index (χ4v) is 1.36. The van der Waals surface area contributed by atoms with Gasteiger partial charge in [-0.1, -0.05) is 0 Å². The maximum Gasteiger partial charge on any atom is 0.216 e. The molecule has 1 aromatic rings. The van der Waals surface area contributed by atoms with Crippen LogP contribution in [0.5, 0.6) is 5.88 Å². The number of rotatable bonds is 5. The van der Waals surface area contributed by atoms with E-state index in [1.165, 1.54) is 0 Å². The molecule has 0 aliphatic carbocycles. The van der Waals surface area contributed by atoms with Crippen LogP contribution in [0.15, 0.2) is 0 Å². The molecule has 0 amide bonds. The third-order valence-corrected chi connectivity index (χ3v) is 1.98. The smallest absolute Gasteiger partial charge is 0.216 e. The van der Waals surface area contributed by atoms with Gasteiger partial charge in [-0.3, -0.25) is 0 Å². The van der Waals surface area contributed by atoms with Gasteiger partial charge in [0, 0.05) is 7.05 Å². The molecule has 0 unspecified atom stereocenters. The first-order chi connectivity index (χ1) is 6.70. The van der Waals surface area contributed by atoms with Crippen LogP contribution in [-0.2, 0) is 18.4 Å². The molecule has 14 heavy (non-hydrogen) atoms. The van der Waals surface area contributed by atoms with E-state index in [9.17, 15) is 0 Å². The summed E-state index contributed by atoms with van der Waals surface area (Å²) in [4.78, 5) is 5.06. The zero-order valence-electron chi connectivity index (χ0n) is 9.13. The zero-order valence-corrected chi connectivity index (χ0v) is 9.13.